The number of anilines is 1. The molecular formula is C20H24N2O3. The van der Waals surface area contributed by atoms with Gasteiger partial charge in [0, 0.05) is 12.6 Å². The van der Waals surface area contributed by atoms with Gasteiger partial charge in [-0.2, -0.15) is 5.06 Å². The lowest BCUT2D eigenvalue weighted by Crippen LogP contribution is -2.36. The minimum atomic E-state index is -0.569. The Labute approximate surface area is 148 Å². The van der Waals surface area contributed by atoms with Gasteiger partial charge in [0.1, 0.15) is 12.4 Å². The molecule has 0 saturated heterocycles. The second-order valence-corrected chi connectivity index (χ2v) is 6.54. The van der Waals surface area contributed by atoms with Gasteiger partial charge in [0.05, 0.1) is 5.69 Å². The van der Waals surface area contributed by atoms with Crippen molar-refractivity contribution in [1.29, 1.82) is 0 Å². The quantitative estimate of drug-likeness (QED) is 0.630. The van der Waals surface area contributed by atoms with Crippen molar-refractivity contribution < 1.29 is 14.7 Å². The van der Waals surface area contributed by atoms with Gasteiger partial charge in [-0.05, 0) is 55.9 Å². The van der Waals surface area contributed by atoms with Crippen LogP contribution in [-0.2, 0) is 6.61 Å². The van der Waals surface area contributed by atoms with Crippen LogP contribution >= 0.6 is 0 Å². The molecule has 2 aromatic rings. The van der Waals surface area contributed by atoms with E-state index >= 15 is 0 Å². The van der Waals surface area contributed by atoms with Gasteiger partial charge in [-0.1, -0.05) is 29.8 Å². The summed E-state index contributed by atoms with van der Waals surface area (Å²) in [5.41, 5.74) is 4.72. The highest BCUT2D eigenvalue weighted by molar-refractivity contribution is 5.90. The van der Waals surface area contributed by atoms with Crippen LogP contribution in [0.3, 0.4) is 0 Å². The zero-order valence-corrected chi connectivity index (χ0v) is 14.9. The Balaban J connectivity index is 1.91. The first-order valence-corrected chi connectivity index (χ1v) is 8.53. The minimum Gasteiger partial charge on any atom is -0.489 e. The topological polar surface area (TPSA) is 61.8 Å². The van der Waals surface area contributed by atoms with Gasteiger partial charge in [-0.3, -0.25) is 5.21 Å². The average Bonchev–Trinajstić information content (AvgIpc) is 3.44. The molecule has 0 spiro atoms. The maximum absolute atomic E-state index is 11.9. The lowest BCUT2D eigenvalue weighted by molar-refractivity contribution is 0.205. The van der Waals surface area contributed by atoms with E-state index in [0.29, 0.717) is 23.3 Å². The van der Waals surface area contributed by atoms with Crippen molar-refractivity contribution in [3.8, 4) is 5.75 Å². The standard InChI is InChI=1S/C20H24N2O3/c1-13-7-10-19(14(2)11-13)25-12-17-16(15-8-9-15)5-4-6-18(17)22(24)20(23)21-3/h4-7,10-11,15,24H,8-9,12H2,1-3H3,(H,21,23). The van der Waals surface area contributed by atoms with Crippen LogP contribution in [0.5, 0.6) is 5.75 Å². The summed E-state index contributed by atoms with van der Waals surface area (Å²) in [4.78, 5) is 11.9. The Morgan fingerprint density at radius 3 is 2.68 bits per heavy atom. The van der Waals surface area contributed by atoms with Gasteiger partial charge < -0.3 is 10.1 Å². The first kappa shape index (κ1) is 17.3. The van der Waals surface area contributed by atoms with Crippen molar-refractivity contribution >= 4 is 11.7 Å². The van der Waals surface area contributed by atoms with E-state index in [1.54, 1.807) is 6.07 Å². The summed E-state index contributed by atoms with van der Waals surface area (Å²) < 4.78 is 6.03. The van der Waals surface area contributed by atoms with Gasteiger partial charge in [-0.15, -0.1) is 0 Å². The van der Waals surface area contributed by atoms with Crippen molar-refractivity contribution in [3.63, 3.8) is 0 Å². The van der Waals surface area contributed by atoms with Crippen LogP contribution in [0.4, 0.5) is 10.5 Å². The van der Waals surface area contributed by atoms with Crippen LogP contribution in [0.15, 0.2) is 36.4 Å². The number of nitrogens with one attached hydrogen (secondary N) is 1. The summed E-state index contributed by atoms with van der Waals surface area (Å²) in [7, 11) is 1.49. The van der Waals surface area contributed by atoms with Crippen molar-refractivity contribution in [1.82, 2.24) is 5.32 Å². The van der Waals surface area contributed by atoms with Crippen LogP contribution in [0.25, 0.3) is 0 Å². The molecule has 132 valence electrons. The highest BCUT2D eigenvalue weighted by atomic mass is 16.5. The van der Waals surface area contributed by atoms with Gasteiger partial charge in [-0.25, -0.2) is 4.79 Å². The summed E-state index contributed by atoms with van der Waals surface area (Å²) in [6, 6.07) is 11.1. The third kappa shape index (κ3) is 3.77. The molecule has 2 amide bonds. The number of hydroxylamine groups is 1. The summed E-state index contributed by atoms with van der Waals surface area (Å²) in [6.45, 7) is 4.36. The summed E-state index contributed by atoms with van der Waals surface area (Å²) in [5, 5.41) is 13.3. The zero-order valence-electron chi connectivity index (χ0n) is 14.9. The Hall–Kier alpha value is -2.53. The molecule has 25 heavy (non-hydrogen) atoms. The predicted octanol–water partition coefficient (Wildman–Crippen LogP) is 4.29. The van der Waals surface area contributed by atoms with E-state index in [9.17, 15) is 10.0 Å². The highest BCUT2D eigenvalue weighted by Gasteiger charge is 2.29. The average molecular weight is 340 g/mol. The number of benzene rings is 2. The first-order valence-electron chi connectivity index (χ1n) is 8.53. The Bertz CT molecular complexity index is 785. The summed E-state index contributed by atoms with van der Waals surface area (Å²) >= 11 is 0. The van der Waals surface area contributed by atoms with E-state index in [4.69, 9.17) is 4.74 Å². The minimum absolute atomic E-state index is 0.306. The fourth-order valence-corrected chi connectivity index (χ4v) is 3.05. The number of hydrogen-bond donors (Lipinski definition) is 2. The molecule has 0 aromatic heterocycles. The molecule has 1 saturated carbocycles. The molecule has 0 radical (unpaired) electrons. The maximum atomic E-state index is 11.9. The second-order valence-electron chi connectivity index (χ2n) is 6.54. The van der Waals surface area contributed by atoms with Crippen LogP contribution in [0.1, 0.15) is 41.0 Å². The number of rotatable bonds is 5. The zero-order chi connectivity index (χ0) is 18.0. The number of amides is 2. The molecule has 0 atom stereocenters. The molecule has 5 heteroatoms. The Kier molecular flexibility index (Phi) is 4.95. The van der Waals surface area contributed by atoms with E-state index in [-0.39, 0.29) is 0 Å². The molecule has 2 N–H and O–H groups in total. The lowest BCUT2D eigenvalue weighted by atomic mass is 10.0. The van der Waals surface area contributed by atoms with Crippen LogP contribution < -0.4 is 15.1 Å². The van der Waals surface area contributed by atoms with Crippen LogP contribution in [-0.4, -0.2) is 18.3 Å². The number of ether oxygens (including phenoxy) is 1. The SMILES string of the molecule is CNC(=O)N(O)c1cccc(C2CC2)c1COc1ccc(C)cc1C. The highest BCUT2D eigenvalue weighted by Crippen LogP contribution is 2.44. The normalized spacial score (nSPS) is 13.4. The maximum Gasteiger partial charge on any atom is 0.345 e. The van der Waals surface area contributed by atoms with Gasteiger partial charge >= 0.3 is 6.03 Å². The third-order valence-corrected chi connectivity index (χ3v) is 4.54. The number of nitrogens with zero attached hydrogens (tertiary/aromatic N) is 1. The fourth-order valence-electron chi connectivity index (χ4n) is 3.05. The monoisotopic (exact) mass is 340 g/mol. The van der Waals surface area contributed by atoms with Gasteiger partial charge in [0.25, 0.3) is 0 Å². The Morgan fingerprint density at radius 2 is 2.04 bits per heavy atom. The smallest absolute Gasteiger partial charge is 0.345 e. The molecule has 0 bridgehead atoms. The van der Waals surface area contributed by atoms with Crippen molar-refractivity contribution in [2.24, 2.45) is 0 Å². The van der Waals surface area contributed by atoms with Crippen molar-refractivity contribution in [2.75, 3.05) is 12.1 Å². The molecule has 0 unspecified atom stereocenters. The molecule has 5 nitrogen and oxygen atoms in total. The number of aryl methyl sites for hydroxylation is 2. The van der Waals surface area contributed by atoms with E-state index in [1.807, 2.05) is 32.0 Å². The molecule has 0 heterocycles. The summed E-state index contributed by atoms with van der Waals surface area (Å²) in [5.74, 6) is 1.29. The Morgan fingerprint density at radius 1 is 1.28 bits per heavy atom. The molecule has 0 aliphatic heterocycles. The largest absolute Gasteiger partial charge is 0.489 e. The van der Waals surface area contributed by atoms with Gasteiger partial charge in [0.2, 0.25) is 0 Å². The molecule has 1 aliphatic rings. The van der Waals surface area contributed by atoms with E-state index in [0.717, 1.165) is 35.3 Å². The number of carbonyl (C=O) groups is 1. The molecular weight excluding hydrogens is 316 g/mol. The van der Waals surface area contributed by atoms with Crippen LogP contribution in [0, 0.1) is 13.8 Å². The van der Waals surface area contributed by atoms with Crippen LogP contribution in [0.2, 0.25) is 0 Å². The molecule has 1 fully saturated rings. The van der Waals surface area contributed by atoms with E-state index in [2.05, 4.69) is 17.4 Å². The first-order chi connectivity index (χ1) is 12.0. The predicted molar refractivity (Wildman–Crippen MR) is 97.4 cm³/mol. The lowest BCUT2D eigenvalue weighted by Gasteiger charge is -2.21. The number of hydrogen-bond acceptors (Lipinski definition) is 3. The molecule has 2 aromatic carbocycles. The van der Waals surface area contributed by atoms with E-state index in [1.165, 1.54) is 12.6 Å². The van der Waals surface area contributed by atoms with Gasteiger partial charge in [0.15, 0.2) is 0 Å². The number of urea groups is 1. The number of carbonyl (C=O) groups excluding carboxylic acids is 1. The second kappa shape index (κ2) is 7.15. The van der Waals surface area contributed by atoms with Crippen molar-refractivity contribution in [3.05, 3.63) is 58.7 Å². The molecule has 1 aliphatic carbocycles. The fraction of sp³-hybridized carbons (Fsp3) is 0.350. The van der Waals surface area contributed by atoms with E-state index < -0.39 is 6.03 Å². The molecule has 3 rings (SSSR count). The van der Waals surface area contributed by atoms with Crippen molar-refractivity contribution in [2.45, 2.75) is 39.2 Å². The third-order valence-electron chi connectivity index (χ3n) is 4.54. The summed E-state index contributed by atoms with van der Waals surface area (Å²) in [6.07, 6.45) is 2.26.